The Kier molecular flexibility index (Phi) is 7.49. The SMILES string of the molecule is CCOc1ccc(C(=O)NC(=NC[C@@H]2CCCO2)Nc2ccc(Cl)cc2C)cc1. The van der Waals surface area contributed by atoms with Crippen LogP contribution in [0.5, 0.6) is 5.75 Å². The van der Waals surface area contributed by atoms with Crippen molar-refractivity contribution in [1.82, 2.24) is 5.32 Å². The summed E-state index contributed by atoms with van der Waals surface area (Å²) >= 11 is 6.05. The van der Waals surface area contributed by atoms with Crippen LogP contribution in [0.25, 0.3) is 0 Å². The molecule has 154 valence electrons. The summed E-state index contributed by atoms with van der Waals surface area (Å²) in [4.78, 5) is 17.3. The molecule has 0 aromatic heterocycles. The van der Waals surface area contributed by atoms with E-state index in [0.717, 1.165) is 36.4 Å². The standard InChI is InChI=1S/C22H26ClN3O3/c1-3-28-18-9-6-16(7-10-18)21(27)26-22(24-14-19-5-4-12-29-19)25-20-11-8-17(23)13-15(20)2/h6-11,13,19H,3-5,12,14H2,1-2H3,(H2,24,25,26,27)/t19-/m0/s1. The number of aliphatic imine (C=N–C) groups is 1. The van der Waals surface area contributed by atoms with Gasteiger partial charge >= 0.3 is 0 Å². The van der Waals surface area contributed by atoms with E-state index in [-0.39, 0.29) is 12.0 Å². The Labute approximate surface area is 176 Å². The molecule has 0 saturated carbocycles. The van der Waals surface area contributed by atoms with E-state index >= 15 is 0 Å². The van der Waals surface area contributed by atoms with Gasteiger partial charge in [-0.15, -0.1) is 0 Å². The van der Waals surface area contributed by atoms with Crippen molar-refractivity contribution in [2.75, 3.05) is 25.1 Å². The van der Waals surface area contributed by atoms with Gasteiger partial charge in [0.2, 0.25) is 5.96 Å². The van der Waals surface area contributed by atoms with Gasteiger partial charge in [0, 0.05) is 22.9 Å². The lowest BCUT2D eigenvalue weighted by atomic mass is 10.2. The van der Waals surface area contributed by atoms with Crippen LogP contribution in [0.4, 0.5) is 5.69 Å². The number of ether oxygens (including phenoxy) is 2. The average Bonchev–Trinajstić information content (AvgIpc) is 3.22. The molecule has 3 rings (SSSR count). The van der Waals surface area contributed by atoms with Crippen molar-refractivity contribution >= 4 is 29.2 Å². The number of hydrogen-bond donors (Lipinski definition) is 2. The summed E-state index contributed by atoms with van der Waals surface area (Å²) in [6.07, 6.45) is 2.10. The van der Waals surface area contributed by atoms with Crippen LogP contribution in [0.3, 0.4) is 0 Å². The molecule has 1 saturated heterocycles. The van der Waals surface area contributed by atoms with Gasteiger partial charge in [-0.3, -0.25) is 10.1 Å². The Bertz CT molecular complexity index is 862. The molecule has 0 bridgehead atoms. The van der Waals surface area contributed by atoms with E-state index in [4.69, 9.17) is 21.1 Å². The zero-order valence-corrected chi connectivity index (χ0v) is 17.5. The minimum absolute atomic E-state index is 0.0838. The monoisotopic (exact) mass is 415 g/mol. The first kappa shape index (κ1) is 21.1. The molecule has 2 aromatic rings. The predicted molar refractivity (Wildman–Crippen MR) is 116 cm³/mol. The van der Waals surface area contributed by atoms with Crippen LogP contribution < -0.4 is 15.4 Å². The molecule has 2 aromatic carbocycles. The maximum atomic E-state index is 12.7. The molecule has 0 radical (unpaired) electrons. The number of nitrogens with one attached hydrogen (secondary N) is 2. The highest BCUT2D eigenvalue weighted by molar-refractivity contribution is 6.30. The van der Waals surface area contributed by atoms with E-state index in [0.29, 0.717) is 29.7 Å². The van der Waals surface area contributed by atoms with Gasteiger partial charge in [0.1, 0.15) is 5.75 Å². The van der Waals surface area contributed by atoms with E-state index in [1.807, 2.05) is 26.0 Å². The summed E-state index contributed by atoms with van der Waals surface area (Å²) in [5.41, 5.74) is 2.30. The molecule has 1 atom stereocenters. The van der Waals surface area contributed by atoms with E-state index in [2.05, 4.69) is 15.6 Å². The predicted octanol–water partition coefficient (Wildman–Crippen LogP) is 4.42. The zero-order chi connectivity index (χ0) is 20.6. The van der Waals surface area contributed by atoms with Crippen LogP contribution >= 0.6 is 11.6 Å². The van der Waals surface area contributed by atoms with Gasteiger partial charge in [-0.1, -0.05) is 11.6 Å². The number of aryl methyl sites for hydroxylation is 1. The summed E-state index contributed by atoms with van der Waals surface area (Å²) in [6.45, 7) is 5.69. The second-order valence-corrected chi connectivity index (χ2v) is 7.26. The largest absolute Gasteiger partial charge is 0.494 e. The topological polar surface area (TPSA) is 72.0 Å². The molecule has 0 unspecified atom stereocenters. The highest BCUT2D eigenvalue weighted by Crippen LogP contribution is 2.20. The lowest BCUT2D eigenvalue weighted by molar-refractivity contribution is 0.0975. The van der Waals surface area contributed by atoms with Gasteiger partial charge in [-0.05, 0) is 74.7 Å². The normalized spacial score (nSPS) is 16.5. The zero-order valence-electron chi connectivity index (χ0n) is 16.7. The number of amides is 1. The Morgan fingerprint density at radius 2 is 2.07 bits per heavy atom. The molecule has 7 heteroatoms. The van der Waals surface area contributed by atoms with Crippen molar-refractivity contribution in [3.63, 3.8) is 0 Å². The molecule has 1 heterocycles. The molecule has 0 aliphatic carbocycles. The number of benzene rings is 2. The third kappa shape index (κ3) is 6.21. The van der Waals surface area contributed by atoms with Crippen molar-refractivity contribution in [3.8, 4) is 5.75 Å². The number of guanidine groups is 1. The summed E-state index contributed by atoms with van der Waals surface area (Å²) in [5, 5.41) is 6.74. The van der Waals surface area contributed by atoms with Gasteiger partial charge in [0.25, 0.3) is 5.91 Å². The van der Waals surface area contributed by atoms with Gasteiger partial charge in [-0.25, -0.2) is 4.99 Å². The Hall–Kier alpha value is -2.57. The van der Waals surface area contributed by atoms with Crippen LogP contribution in [-0.2, 0) is 4.74 Å². The molecule has 6 nitrogen and oxygen atoms in total. The van der Waals surface area contributed by atoms with Gasteiger partial charge in [0.05, 0.1) is 19.3 Å². The minimum Gasteiger partial charge on any atom is -0.494 e. The van der Waals surface area contributed by atoms with Crippen LogP contribution in [0.1, 0.15) is 35.7 Å². The summed E-state index contributed by atoms with van der Waals surface area (Å²) < 4.78 is 11.1. The maximum absolute atomic E-state index is 12.7. The quantitative estimate of drug-likeness (QED) is 0.541. The number of anilines is 1. The fraction of sp³-hybridized carbons (Fsp3) is 0.364. The smallest absolute Gasteiger partial charge is 0.257 e. The third-order valence-corrected chi connectivity index (χ3v) is 4.81. The molecule has 0 spiro atoms. The number of hydrogen-bond acceptors (Lipinski definition) is 4. The highest BCUT2D eigenvalue weighted by Gasteiger charge is 2.16. The van der Waals surface area contributed by atoms with E-state index in [1.54, 1.807) is 30.3 Å². The van der Waals surface area contributed by atoms with Crippen LogP contribution in [-0.4, -0.2) is 37.7 Å². The molecular weight excluding hydrogens is 390 g/mol. The van der Waals surface area contributed by atoms with Crippen LogP contribution in [0.15, 0.2) is 47.5 Å². The summed E-state index contributed by atoms with van der Waals surface area (Å²) in [7, 11) is 0. The first-order valence-corrected chi connectivity index (χ1v) is 10.2. The second kappa shape index (κ2) is 10.3. The fourth-order valence-electron chi connectivity index (χ4n) is 3.04. The first-order valence-electron chi connectivity index (χ1n) is 9.78. The minimum atomic E-state index is -0.252. The first-order chi connectivity index (χ1) is 14.0. The molecular formula is C22H26ClN3O3. The number of carbonyl (C=O) groups excluding carboxylic acids is 1. The Balaban J connectivity index is 1.74. The fourth-order valence-corrected chi connectivity index (χ4v) is 3.26. The molecule has 2 N–H and O–H groups in total. The number of rotatable bonds is 6. The third-order valence-electron chi connectivity index (χ3n) is 4.58. The van der Waals surface area contributed by atoms with Crippen molar-refractivity contribution in [2.45, 2.75) is 32.8 Å². The molecule has 1 aliphatic rings. The number of halogens is 1. The average molecular weight is 416 g/mol. The highest BCUT2D eigenvalue weighted by atomic mass is 35.5. The molecule has 1 aliphatic heterocycles. The van der Waals surface area contributed by atoms with Gasteiger partial charge in [0.15, 0.2) is 0 Å². The molecule has 1 fully saturated rings. The van der Waals surface area contributed by atoms with Crippen molar-refractivity contribution in [1.29, 1.82) is 0 Å². The van der Waals surface area contributed by atoms with Crippen LogP contribution in [0.2, 0.25) is 5.02 Å². The van der Waals surface area contributed by atoms with Crippen molar-refractivity contribution in [2.24, 2.45) is 4.99 Å². The van der Waals surface area contributed by atoms with E-state index < -0.39 is 0 Å². The Morgan fingerprint density at radius 3 is 2.72 bits per heavy atom. The summed E-state index contributed by atoms with van der Waals surface area (Å²) in [6, 6.07) is 12.5. The number of nitrogens with zero attached hydrogens (tertiary/aromatic N) is 1. The lowest BCUT2D eigenvalue weighted by Gasteiger charge is -2.15. The summed E-state index contributed by atoms with van der Waals surface area (Å²) in [5.74, 6) is 0.856. The van der Waals surface area contributed by atoms with E-state index in [9.17, 15) is 4.79 Å². The van der Waals surface area contributed by atoms with Gasteiger partial charge in [-0.2, -0.15) is 0 Å². The lowest BCUT2D eigenvalue weighted by Crippen LogP contribution is -2.37. The van der Waals surface area contributed by atoms with E-state index in [1.165, 1.54) is 0 Å². The maximum Gasteiger partial charge on any atom is 0.257 e. The molecule has 29 heavy (non-hydrogen) atoms. The van der Waals surface area contributed by atoms with Crippen LogP contribution in [0, 0.1) is 6.92 Å². The Morgan fingerprint density at radius 1 is 1.28 bits per heavy atom. The van der Waals surface area contributed by atoms with Crippen molar-refractivity contribution < 1.29 is 14.3 Å². The van der Waals surface area contributed by atoms with Gasteiger partial charge < -0.3 is 14.8 Å². The van der Waals surface area contributed by atoms with Crippen molar-refractivity contribution in [3.05, 3.63) is 58.6 Å². The molecule has 1 amide bonds. The number of carbonyl (C=O) groups is 1. The second-order valence-electron chi connectivity index (χ2n) is 6.82.